The Bertz CT molecular complexity index is 1510. The third-order valence-corrected chi connectivity index (χ3v) is 7.55. The van der Waals surface area contributed by atoms with Crippen LogP contribution in [0.1, 0.15) is 65.7 Å². The predicted octanol–water partition coefficient (Wildman–Crippen LogP) is 3.80. The minimum Gasteiger partial charge on any atom is -0.462 e. The van der Waals surface area contributed by atoms with Gasteiger partial charge in [-0.3, -0.25) is 19.3 Å². The Morgan fingerprint density at radius 1 is 0.833 bits per heavy atom. The largest absolute Gasteiger partial charge is 0.462 e. The maximum atomic E-state index is 13.3. The zero-order valence-corrected chi connectivity index (χ0v) is 23.9. The molecule has 0 aliphatic carbocycles. The molecule has 2 heterocycles. The maximum Gasteiger partial charge on any atom is 0.348 e. The molecule has 1 aromatic heterocycles. The van der Waals surface area contributed by atoms with E-state index in [1.54, 1.807) is 56.3 Å². The van der Waals surface area contributed by atoms with E-state index in [-0.39, 0.29) is 51.8 Å². The molecular weight excluding hydrogens is 564 g/mol. The van der Waals surface area contributed by atoms with Crippen LogP contribution in [0.4, 0.5) is 5.00 Å². The van der Waals surface area contributed by atoms with E-state index in [0.717, 1.165) is 16.2 Å². The van der Waals surface area contributed by atoms with Crippen molar-refractivity contribution in [2.24, 2.45) is 0 Å². The molecule has 1 aliphatic rings. The minimum atomic E-state index is -1.35. The Morgan fingerprint density at radius 3 is 2.00 bits per heavy atom. The number of carbonyl (C=O) groups excluding carboxylic acids is 6. The fraction of sp³-hybridized carbons (Fsp3) is 0.267. The number of fused-ring (bicyclic) bond motifs is 1. The van der Waals surface area contributed by atoms with Gasteiger partial charge in [0.15, 0.2) is 6.61 Å². The molecule has 0 spiro atoms. The molecule has 2 aromatic carbocycles. The lowest BCUT2D eigenvalue weighted by molar-refractivity contribution is -0.151. The van der Waals surface area contributed by atoms with Gasteiger partial charge in [0.25, 0.3) is 17.7 Å². The SMILES string of the molecule is CCOC(=O)c1sc(NC(=O)COC(=O)C(Cc2ccccc2)N2C(=O)c3ccccc3C2=O)c(C(=O)OCC)c1C. The van der Waals surface area contributed by atoms with Gasteiger partial charge in [-0.2, -0.15) is 0 Å². The van der Waals surface area contributed by atoms with Crippen LogP contribution in [0.5, 0.6) is 0 Å². The first-order chi connectivity index (χ1) is 20.2. The van der Waals surface area contributed by atoms with E-state index in [0.29, 0.717) is 5.56 Å². The van der Waals surface area contributed by atoms with Gasteiger partial charge in [-0.25, -0.2) is 14.4 Å². The number of imide groups is 1. The van der Waals surface area contributed by atoms with Crippen LogP contribution in [0.2, 0.25) is 0 Å². The smallest absolute Gasteiger partial charge is 0.348 e. The number of amides is 3. The van der Waals surface area contributed by atoms with Gasteiger partial charge in [0.05, 0.1) is 29.9 Å². The van der Waals surface area contributed by atoms with E-state index in [1.165, 1.54) is 19.1 Å². The molecule has 0 radical (unpaired) electrons. The molecule has 1 unspecified atom stereocenters. The molecule has 3 aromatic rings. The Morgan fingerprint density at radius 2 is 1.40 bits per heavy atom. The van der Waals surface area contributed by atoms with Gasteiger partial charge in [0.2, 0.25) is 0 Å². The molecule has 0 bridgehead atoms. The molecule has 42 heavy (non-hydrogen) atoms. The van der Waals surface area contributed by atoms with Crippen molar-refractivity contribution in [3.8, 4) is 0 Å². The fourth-order valence-corrected chi connectivity index (χ4v) is 5.55. The van der Waals surface area contributed by atoms with Crippen LogP contribution in [0.15, 0.2) is 54.6 Å². The molecule has 1 N–H and O–H groups in total. The number of hydrogen-bond acceptors (Lipinski definition) is 10. The number of esters is 3. The highest BCUT2D eigenvalue weighted by Crippen LogP contribution is 2.34. The van der Waals surface area contributed by atoms with E-state index >= 15 is 0 Å². The highest BCUT2D eigenvalue weighted by molar-refractivity contribution is 7.18. The summed E-state index contributed by atoms with van der Waals surface area (Å²) in [7, 11) is 0. The molecule has 3 amide bonds. The van der Waals surface area contributed by atoms with Crippen LogP contribution in [0.3, 0.4) is 0 Å². The quantitative estimate of drug-likeness (QED) is 0.200. The van der Waals surface area contributed by atoms with Crippen molar-refractivity contribution in [3.05, 3.63) is 87.3 Å². The van der Waals surface area contributed by atoms with Gasteiger partial charge < -0.3 is 19.5 Å². The molecule has 218 valence electrons. The number of carbonyl (C=O) groups is 6. The van der Waals surface area contributed by atoms with Crippen molar-refractivity contribution in [2.45, 2.75) is 33.2 Å². The van der Waals surface area contributed by atoms with Crippen molar-refractivity contribution in [1.82, 2.24) is 4.90 Å². The fourth-order valence-electron chi connectivity index (χ4n) is 4.45. The number of rotatable bonds is 11. The highest BCUT2D eigenvalue weighted by atomic mass is 32.1. The summed E-state index contributed by atoms with van der Waals surface area (Å²) in [4.78, 5) is 78.5. The summed E-state index contributed by atoms with van der Waals surface area (Å²) in [5.74, 6) is -4.48. The summed E-state index contributed by atoms with van der Waals surface area (Å²) in [6, 6.07) is 13.7. The number of nitrogens with zero attached hydrogens (tertiary/aromatic N) is 1. The first kappa shape index (κ1) is 30.1. The van der Waals surface area contributed by atoms with Gasteiger partial charge >= 0.3 is 17.9 Å². The number of benzene rings is 2. The van der Waals surface area contributed by atoms with Crippen molar-refractivity contribution in [1.29, 1.82) is 0 Å². The number of anilines is 1. The predicted molar refractivity (Wildman–Crippen MR) is 151 cm³/mol. The van der Waals surface area contributed by atoms with E-state index in [4.69, 9.17) is 14.2 Å². The normalized spacial score (nSPS) is 12.9. The summed E-state index contributed by atoms with van der Waals surface area (Å²) < 4.78 is 15.4. The Kier molecular flexibility index (Phi) is 9.48. The summed E-state index contributed by atoms with van der Waals surface area (Å²) in [5.41, 5.74) is 1.27. The number of thiophene rings is 1. The molecule has 4 rings (SSSR count). The highest BCUT2D eigenvalue weighted by Gasteiger charge is 2.43. The topological polar surface area (TPSA) is 145 Å². The zero-order valence-electron chi connectivity index (χ0n) is 23.1. The Balaban J connectivity index is 1.53. The van der Waals surface area contributed by atoms with Crippen LogP contribution < -0.4 is 5.32 Å². The molecule has 0 saturated heterocycles. The second-order valence-electron chi connectivity index (χ2n) is 9.09. The second-order valence-corrected chi connectivity index (χ2v) is 10.1. The third-order valence-electron chi connectivity index (χ3n) is 6.37. The summed E-state index contributed by atoms with van der Waals surface area (Å²) in [6.45, 7) is 4.16. The monoisotopic (exact) mass is 592 g/mol. The van der Waals surface area contributed by atoms with E-state index < -0.39 is 48.3 Å². The van der Waals surface area contributed by atoms with Gasteiger partial charge in [-0.05, 0) is 44.0 Å². The molecule has 1 atom stereocenters. The lowest BCUT2D eigenvalue weighted by Crippen LogP contribution is -2.47. The average Bonchev–Trinajstić information content (AvgIpc) is 3.43. The lowest BCUT2D eigenvalue weighted by Gasteiger charge is -2.24. The second kappa shape index (κ2) is 13.2. The summed E-state index contributed by atoms with van der Waals surface area (Å²) in [5, 5.41) is 2.52. The average molecular weight is 593 g/mol. The van der Waals surface area contributed by atoms with Crippen LogP contribution in [0.25, 0.3) is 0 Å². The molecule has 1 aliphatic heterocycles. The molecule has 11 nitrogen and oxygen atoms in total. The standard InChI is InChI=1S/C30H28N2O9S/c1-4-39-29(37)23-17(3)24(30(38)40-5-2)42-25(23)31-22(33)16-41-28(36)21(15-18-11-7-6-8-12-18)32-26(34)19-13-9-10-14-20(19)27(32)35/h6-14,21H,4-5,15-16H2,1-3H3,(H,31,33). The van der Waals surface area contributed by atoms with Crippen LogP contribution in [-0.2, 0) is 30.2 Å². The lowest BCUT2D eigenvalue weighted by atomic mass is 10.0. The first-order valence-corrected chi connectivity index (χ1v) is 13.9. The van der Waals surface area contributed by atoms with Crippen molar-refractivity contribution < 1.29 is 43.0 Å². The summed E-state index contributed by atoms with van der Waals surface area (Å²) >= 11 is 0.828. The molecule has 12 heteroatoms. The van der Waals surface area contributed by atoms with Crippen LogP contribution in [-0.4, -0.2) is 66.4 Å². The van der Waals surface area contributed by atoms with Crippen molar-refractivity contribution in [2.75, 3.05) is 25.1 Å². The third kappa shape index (κ3) is 6.23. The van der Waals surface area contributed by atoms with Gasteiger partial charge in [0.1, 0.15) is 15.9 Å². The first-order valence-electron chi connectivity index (χ1n) is 13.1. The van der Waals surface area contributed by atoms with Gasteiger partial charge in [-0.1, -0.05) is 42.5 Å². The van der Waals surface area contributed by atoms with Crippen molar-refractivity contribution in [3.63, 3.8) is 0 Å². The van der Waals surface area contributed by atoms with Crippen molar-refractivity contribution >= 4 is 52.0 Å². The molecule has 0 saturated carbocycles. The Labute approximate surface area is 245 Å². The zero-order chi connectivity index (χ0) is 30.4. The number of ether oxygens (including phenoxy) is 3. The van der Waals surface area contributed by atoms with E-state index in [9.17, 15) is 28.8 Å². The minimum absolute atomic E-state index is 0.0161. The van der Waals surface area contributed by atoms with Crippen LogP contribution >= 0.6 is 11.3 Å². The maximum absolute atomic E-state index is 13.3. The summed E-state index contributed by atoms with van der Waals surface area (Å²) in [6.07, 6.45) is -0.0349. The molecular formula is C30H28N2O9S. The van der Waals surface area contributed by atoms with E-state index in [2.05, 4.69) is 5.32 Å². The van der Waals surface area contributed by atoms with E-state index in [1.807, 2.05) is 0 Å². The van der Waals surface area contributed by atoms with Gasteiger partial charge in [0, 0.05) is 6.42 Å². The van der Waals surface area contributed by atoms with Gasteiger partial charge in [-0.15, -0.1) is 11.3 Å². The number of nitrogens with one attached hydrogen (secondary N) is 1. The van der Waals surface area contributed by atoms with Crippen LogP contribution in [0, 0.1) is 6.92 Å². The molecule has 0 fully saturated rings. The Hall–Kier alpha value is -4.84. The number of hydrogen-bond donors (Lipinski definition) is 1.